The van der Waals surface area contributed by atoms with E-state index in [0.29, 0.717) is 4.47 Å². The number of thiophene rings is 1. The standard InChI is InChI=1S/C10H11BrF2O2S/c1-6(4-8(14)15)5-10(12,13)9-7(11)2-3-16-9/h2-3,6H,4-5H2,1H3,(H,14,15). The maximum absolute atomic E-state index is 13.7. The normalized spacial score (nSPS) is 13.8. The molecule has 0 aliphatic rings. The van der Waals surface area contributed by atoms with Crippen LogP contribution < -0.4 is 0 Å². The number of carbonyl (C=O) groups is 1. The van der Waals surface area contributed by atoms with Crippen LogP contribution in [0.1, 0.15) is 24.6 Å². The van der Waals surface area contributed by atoms with Crippen molar-refractivity contribution in [2.75, 3.05) is 0 Å². The third kappa shape index (κ3) is 3.52. The Morgan fingerprint density at radius 2 is 2.31 bits per heavy atom. The Balaban J connectivity index is 2.72. The molecule has 1 rings (SSSR count). The second-order valence-corrected chi connectivity index (χ2v) is 5.48. The van der Waals surface area contributed by atoms with E-state index in [4.69, 9.17) is 5.11 Å². The van der Waals surface area contributed by atoms with E-state index in [9.17, 15) is 13.6 Å². The van der Waals surface area contributed by atoms with E-state index in [-0.39, 0.29) is 11.3 Å². The van der Waals surface area contributed by atoms with Crippen LogP contribution in [0.25, 0.3) is 0 Å². The number of hydrogen-bond acceptors (Lipinski definition) is 2. The predicted molar refractivity (Wildman–Crippen MR) is 61.9 cm³/mol. The Bertz CT molecular complexity index is 379. The number of rotatable bonds is 5. The van der Waals surface area contributed by atoms with Crippen LogP contribution >= 0.6 is 27.3 Å². The van der Waals surface area contributed by atoms with Crippen LogP contribution in [0.5, 0.6) is 0 Å². The molecule has 1 N–H and O–H groups in total. The zero-order valence-electron chi connectivity index (χ0n) is 8.54. The van der Waals surface area contributed by atoms with Crippen molar-refractivity contribution in [2.24, 2.45) is 5.92 Å². The number of carboxylic acid groups (broad SMARTS) is 1. The molecule has 1 heterocycles. The van der Waals surface area contributed by atoms with Crippen molar-refractivity contribution in [2.45, 2.75) is 25.7 Å². The summed E-state index contributed by atoms with van der Waals surface area (Å²) in [6.07, 6.45) is -0.684. The Hall–Kier alpha value is -0.490. The average Bonchev–Trinajstić information content (AvgIpc) is 2.48. The highest BCUT2D eigenvalue weighted by atomic mass is 79.9. The molecule has 0 spiro atoms. The van der Waals surface area contributed by atoms with Gasteiger partial charge in [0.05, 0.1) is 4.88 Å². The third-order valence-electron chi connectivity index (χ3n) is 2.08. The lowest BCUT2D eigenvalue weighted by atomic mass is 9.99. The molecule has 90 valence electrons. The Morgan fingerprint density at radius 3 is 2.75 bits per heavy atom. The molecular formula is C10H11BrF2O2S. The highest BCUT2D eigenvalue weighted by molar-refractivity contribution is 9.10. The Kier molecular flexibility index (Phi) is 4.43. The van der Waals surface area contributed by atoms with Crippen molar-refractivity contribution in [3.63, 3.8) is 0 Å². The second-order valence-electron chi connectivity index (χ2n) is 3.71. The van der Waals surface area contributed by atoms with Crippen molar-refractivity contribution in [1.82, 2.24) is 0 Å². The van der Waals surface area contributed by atoms with E-state index < -0.39 is 24.2 Å². The molecule has 2 nitrogen and oxygen atoms in total. The summed E-state index contributed by atoms with van der Waals surface area (Å²) in [4.78, 5) is 10.4. The SMILES string of the molecule is CC(CC(=O)O)CC(F)(F)c1sccc1Br. The molecule has 6 heteroatoms. The average molecular weight is 313 g/mol. The summed E-state index contributed by atoms with van der Waals surface area (Å²) in [5.41, 5.74) is 0. The summed E-state index contributed by atoms with van der Waals surface area (Å²) >= 11 is 4.03. The zero-order valence-corrected chi connectivity index (χ0v) is 10.9. The first-order valence-electron chi connectivity index (χ1n) is 4.66. The number of alkyl halides is 2. The Labute approximate surface area is 104 Å². The number of halogens is 3. The van der Waals surface area contributed by atoms with Gasteiger partial charge in [-0.2, -0.15) is 0 Å². The first-order chi connectivity index (χ1) is 7.33. The van der Waals surface area contributed by atoms with Gasteiger partial charge in [-0.25, -0.2) is 8.78 Å². The summed E-state index contributed by atoms with van der Waals surface area (Å²) in [6, 6.07) is 1.57. The molecule has 1 atom stereocenters. The molecule has 16 heavy (non-hydrogen) atoms. The minimum atomic E-state index is -2.97. The van der Waals surface area contributed by atoms with Gasteiger partial charge in [-0.05, 0) is 33.3 Å². The molecule has 0 aromatic carbocycles. The van der Waals surface area contributed by atoms with Gasteiger partial charge in [0.15, 0.2) is 0 Å². The van der Waals surface area contributed by atoms with Gasteiger partial charge in [0, 0.05) is 17.3 Å². The van der Waals surface area contributed by atoms with Gasteiger partial charge in [-0.15, -0.1) is 11.3 Å². The largest absolute Gasteiger partial charge is 0.481 e. The van der Waals surface area contributed by atoms with E-state index in [1.54, 1.807) is 11.4 Å². The maximum atomic E-state index is 13.7. The maximum Gasteiger partial charge on any atom is 0.303 e. The van der Waals surface area contributed by atoms with Crippen molar-refractivity contribution in [3.8, 4) is 0 Å². The van der Waals surface area contributed by atoms with Crippen molar-refractivity contribution in [1.29, 1.82) is 0 Å². The van der Waals surface area contributed by atoms with Gasteiger partial charge in [0.25, 0.3) is 5.92 Å². The molecule has 1 aromatic heterocycles. The third-order valence-corrected chi connectivity index (χ3v) is 4.03. The van der Waals surface area contributed by atoms with Gasteiger partial charge in [0.1, 0.15) is 0 Å². The molecule has 0 amide bonds. The van der Waals surface area contributed by atoms with Gasteiger partial charge in [-0.3, -0.25) is 4.79 Å². The fourth-order valence-corrected chi connectivity index (χ4v) is 3.11. The van der Waals surface area contributed by atoms with E-state index in [1.807, 2.05) is 0 Å². The molecule has 0 bridgehead atoms. The molecule has 0 saturated carbocycles. The lowest BCUT2D eigenvalue weighted by Crippen LogP contribution is -2.18. The highest BCUT2D eigenvalue weighted by Gasteiger charge is 2.36. The van der Waals surface area contributed by atoms with E-state index in [2.05, 4.69) is 15.9 Å². The summed E-state index contributed by atoms with van der Waals surface area (Å²) in [5, 5.41) is 10.1. The minimum Gasteiger partial charge on any atom is -0.481 e. The lowest BCUT2D eigenvalue weighted by Gasteiger charge is -2.19. The van der Waals surface area contributed by atoms with Gasteiger partial charge in [0.2, 0.25) is 0 Å². The fraction of sp³-hybridized carbons (Fsp3) is 0.500. The Morgan fingerprint density at radius 1 is 1.69 bits per heavy atom. The van der Waals surface area contributed by atoms with Crippen LogP contribution in [0.3, 0.4) is 0 Å². The fourth-order valence-electron chi connectivity index (χ4n) is 1.46. The molecule has 0 fully saturated rings. The quantitative estimate of drug-likeness (QED) is 0.888. The van der Waals surface area contributed by atoms with Crippen LogP contribution in [0, 0.1) is 5.92 Å². The van der Waals surface area contributed by atoms with Crippen molar-refractivity contribution in [3.05, 3.63) is 20.8 Å². The monoisotopic (exact) mass is 312 g/mol. The number of aliphatic carboxylic acids is 1. The van der Waals surface area contributed by atoms with Gasteiger partial charge in [-0.1, -0.05) is 6.92 Å². The molecule has 1 aromatic rings. The molecule has 1 unspecified atom stereocenters. The molecule has 0 radical (unpaired) electrons. The lowest BCUT2D eigenvalue weighted by molar-refractivity contribution is -0.138. The van der Waals surface area contributed by atoms with Crippen molar-refractivity contribution >= 4 is 33.2 Å². The van der Waals surface area contributed by atoms with E-state index in [0.717, 1.165) is 11.3 Å². The van der Waals surface area contributed by atoms with Crippen LogP contribution in [0.15, 0.2) is 15.9 Å². The van der Waals surface area contributed by atoms with Crippen LogP contribution in [-0.4, -0.2) is 11.1 Å². The summed E-state index contributed by atoms with van der Waals surface area (Å²) in [5.74, 6) is -4.57. The molecule has 0 aliphatic heterocycles. The first-order valence-corrected chi connectivity index (χ1v) is 6.33. The minimum absolute atomic E-state index is 0.0373. The molecule has 0 aliphatic carbocycles. The number of carboxylic acids is 1. The van der Waals surface area contributed by atoms with Gasteiger partial charge < -0.3 is 5.11 Å². The first kappa shape index (κ1) is 13.6. The summed E-state index contributed by atoms with van der Waals surface area (Å²) in [6.45, 7) is 1.52. The topological polar surface area (TPSA) is 37.3 Å². The molecule has 0 saturated heterocycles. The molecular weight excluding hydrogens is 302 g/mol. The van der Waals surface area contributed by atoms with Crippen LogP contribution in [-0.2, 0) is 10.7 Å². The van der Waals surface area contributed by atoms with E-state index in [1.165, 1.54) is 6.92 Å². The van der Waals surface area contributed by atoms with Crippen LogP contribution in [0.2, 0.25) is 0 Å². The highest BCUT2D eigenvalue weighted by Crippen LogP contribution is 2.42. The summed E-state index contributed by atoms with van der Waals surface area (Å²) in [7, 11) is 0. The number of hydrogen-bond donors (Lipinski definition) is 1. The smallest absolute Gasteiger partial charge is 0.303 e. The second kappa shape index (κ2) is 5.23. The zero-order chi connectivity index (χ0) is 12.3. The van der Waals surface area contributed by atoms with Crippen LogP contribution in [0.4, 0.5) is 8.78 Å². The van der Waals surface area contributed by atoms with E-state index >= 15 is 0 Å². The predicted octanol–water partition coefficient (Wildman–Crippen LogP) is 4.10. The van der Waals surface area contributed by atoms with Gasteiger partial charge >= 0.3 is 5.97 Å². The summed E-state index contributed by atoms with van der Waals surface area (Å²) < 4.78 is 27.9. The van der Waals surface area contributed by atoms with Crippen molar-refractivity contribution < 1.29 is 18.7 Å².